The third-order valence-corrected chi connectivity index (χ3v) is 1.87. The van der Waals surface area contributed by atoms with Crippen LogP contribution in [0.2, 0.25) is 0 Å². The van der Waals surface area contributed by atoms with Gasteiger partial charge in [0.15, 0.2) is 0 Å². The molecule has 0 amide bonds. The monoisotopic (exact) mass is 153 g/mol. The molecule has 1 aromatic rings. The number of methoxy groups -OCH3 is 1. The average Bonchev–Trinajstić information content (AvgIpc) is 1.96. The van der Waals surface area contributed by atoms with Crippen LogP contribution in [0.25, 0.3) is 0 Å². The molecule has 0 aliphatic carbocycles. The number of ether oxygens (including phenoxy) is 1. The predicted octanol–water partition coefficient (Wildman–Crippen LogP) is 2.62. The normalized spacial score (nSPS) is 15.0. The van der Waals surface area contributed by atoms with Crippen LogP contribution in [-0.4, -0.2) is 7.04 Å². The number of benzene rings is 1. The van der Waals surface area contributed by atoms with E-state index in [1.165, 1.54) is 0 Å². The molecule has 0 fully saturated rings. The van der Waals surface area contributed by atoms with Crippen LogP contribution in [0.3, 0.4) is 0 Å². The molecule has 0 N–H and O–H groups in total. The maximum atomic E-state index is 7.02. The van der Waals surface area contributed by atoms with E-state index in [1.54, 1.807) is 6.07 Å². The smallest absolute Gasteiger partial charge is 0.122 e. The van der Waals surface area contributed by atoms with Gasteiger partial charge in [0.25, 0.3) is 0 Å². The Morgan fingerprint density at radius 1 is 1.27 bits per heavy atom. The molecular weight excluding hydrogens is 136 g/mol. The standard InChI is InChI=1S/C10H14O/c1-7-5-8(2)9(3)10(6-7)11-4/h5-6H,1-4H3/i4D3. The Hall–Kier alpha value is -0.980. The fourth-order valence-corrected chi connectivity index (χ4v) is 1.11. The maximum Gasteiger partial charge on any atom is 0.122 e. The van der Waals surface area contributed by atoms with E-state index >= 15 is 0 Å². The number of aryl methyl sites for hydroxylation is 2. The highest BCUT2D eigenvalue weighted by atomic mass is 16.5. The minimum Gasteiger partial charge on any atom is -0.496 e. The van der Waals surface area contributed by atoms with Gasteiger partial charge in [-0.2, -0.15) is 0 Å². The summed E-state index contributed by atoms with van der Waals surface area (Å²) in [5.41, 5.74) is 2.93. The van der Waals surface area contributed by atoms with Crippen molar-refractivity contribution < 1.29 is 8.85 Å². The molecule has 0 spiro atoms. The van der Waals surface area contributed by atoms with E-state index in [1.807, 2.05) is 26.8 Å². The zero-order chi connectivity index (χ0) is 10.9. The second-order valence-electron chi connectivity index (χ2n) is 2.81. The van der Waals surface area contributed by atoms with E-state index in [-0.39, 0.29) is 0 Å². The molecule has 0 atom stereocenters. The first-order valence-corrected chi connectivity index (χ1v) is 3.56. The van der Waals surface area contributed by atoms with Gasteiger partial charge in [-0.1, -0.05) is 6.07 Å². The lowest BCUT2D eigenvalue weighted by atomic mass is 10.1. The Morgan fingerprint density at radius 2 is 2.00 bits per heavy atom. The van der Waals surface area contributed by atoms with Crippen molar-refractivity contribution in [2.75, 3.05) is 7.04 Å². The molecule has 1 rings (SSSR count). The molecule has 1 nitrogen and oxygen atoms in total. The van der Waals surface area contributed by atoms with Gasteiger partial charge in [-0.15, -0.1) is 0 Å². The predicted molar refractivity (Wildman–Crippen MR) is 47.2 cm³/mol. The Balaban J connectivity index is 3.09. The summed E-state index contributed by atoms with van der Waals surface area (Å²) in [7, 11) is -2.37. The third-order valence-electron chi connectivity index (χ3n) is 1.87. The molecule has 0 aliphatic rings. The van der Waals surface area contributed by atoms with E-state index in [9.17, 15) is 0 Å². The van der Waals surface area contributed by atoms with Crippen molar-refractivity contribution in [3.8, 4) is 5.75 Å². The van der Waals surface area contributed by atoms with Crippen molar-refractivity contribution in [3.63, 3.8) is 0 Å². The van der Waals surface area contributed by atoms with Crippen molar-refractivity contribution in [2.24, 2.45) is 0 Å². The average molecular weight is 153 g/mol. The topological polar surface area (TPSA) is 9.23 Å². The van der Waals surface area contributed by atoms with Gasteiger partial charge >= 0.3 is 0 Å². The molecule has 0 bridgehead atoms. The van der Waals surface area contributed by atoms with Gasteiger partial charge in [0.05, 0.1) is 11.2 Å². The quantitative estimate of drug-likeness (QED) is 0.602. The van der Waals surface area contributed by atoms with Crippen LogP contribution >= 0.6 is 0 Å². The van der Waals surface area contributed by atoms with Crippen LogP contribution in [0.4, 0.5) is 0 Å². The molecule has 0 aliphatic heterocycles. The van der Waals surface area contributed by atoms with E-state index in [0.29, 0.717) is 5.75 Å². The molecular formula is C10H14O. The number of hydrogen-bond donors (Lipinski definition) is 0. The van der Waals surface area contributed by atoms with Crippen LogP contribution in [0.15, 0.2) is 12.1 Å². The largest absolute Gasteiger partial charge is 0.496 e. The molecule has 60 valence electrons. The Bertz CT molecular complexity index is 342. The van der Waals surface area contributed by atoms with Crippen LogP contribution in [0.1, 0.15) is 20.8 Å². The van der Waals surface area contributed by atoms with Gasteiger partial charge in [0.2, 0.25) is 0 Å². The van der Waals surface area contributed by atoms with Crippen LogP contribution in [0.5, 0.6) is 5.75 Å². The van der Waals surface area contributed by atoms with Gasteiger partial charge < -0.3 is 4.74 Å². The highest BCUT2D eigenvalue weighted by molar-refractivity contribution is 5.41. The summed E-state index contributed by atoms with van der Waals surface area (Å²) in [6, 6.07) is 3.75. The molecule has 0 saturated carbocycles. The summed E-state index contributed by atoms with van der Waals surface area (Å²) in [6.45, 7) is 5.71. The number of hydrogen-bond acceptors (Lipinski definition) is 1. The first-order chi connectivity index (χ1) is 6.29. The Kier molecular flexibility index (Phi) is 1.29. The summed E-state index contributed by atoms with van der Waals surface area (Å²) in [5, 5.41) is 0. The summed E-state index contributed by atoms with van der Waals surface area (Å²) < 4.78 is 25.9. The van der Waals surface area contributed by atoms with E-state index < -0.39 is 7.04 Å². The molecule has 0 aromatic heterocycles. The third kappa shape index (κ3) is 1.53. The van der Waals surface area contributed by atoms with Crippen molar-refractivity contribution in [2.45, 2.75) is 20.8 Å². The summed E-state index contributed by atoms with van der Waals surface area (Å²) in [4.78, 5) is 0. The Morgan fingerprint density at radius 3 is 2.64 bits per heavy atom. The fourth-order valence-electron chi connectivity index (χ4n) is 1.11. The lowest BCUT2D eigenvalue weighted by Crippen LogP contribution is -1.90. The SMILES string of the molecule is [2H]C([2H])([2H])Oc1cc(C)cc(C)c1C. The fraction of sp³-hybridized carbons (Fsp3) is 0.400. The van der Waals surface area contributed by atoms with Gasteiger partial charge in [-0.3, -0.25) is 0 Å². The summed E-state index contributed by atoms with van der Waals surface area (Å²) in [6.07, 6.45) is 0. The highest BCUT2D eigenvalue weighted by Gasteiger charge is 2.00. The molecule has 11 heavy (non-hydrogen) atoms. The zero-order valence-corrected chi connectivity index (χ0v) is 7.06. The van der Waals surface area contributed by atoms with E-state index in [2.05, 4.69) is 0 Å². The minimum absolute atomic E-state index is 0.447. The molecule has 0 radical (unpaired) electrons. The zero-order valence-electron chi connectivity index (χ0n) is 10.1. The van der Waals surface area contributed by atoms with Gasteiger partial charge in [0.1, 0.15) is 5.75 Å². The van der Waals surface area contributed by atoms with E-state index in [4.69, 9.17) is 8.85 Å². The molecule has 0 heterocycles. The van der Waals surface area contributed by atoms with Crippen LogP contribution in [0, 0.1) is 20.8 Å². The molecule has 1 heteroatoms. The Labute approximate surface area is 72.2 Å². The van der Waals surface area contributed by atoms with Gasteiger partial charge in [0, 0.05) is 0 Å². The van der Waals surface area contributed by atoms with Gasteiger partial charge in [-0.25, -0.2) is 0 Å². The second kappa shape index (κ2) is 2.95. The number of rotatable bonds is 1. The molecule has 0 saturated heterocycles. The van der Waals surface area contributed by atoms with Crippen molar-refractivity contribution in [1.29, 1.82) is 0 Å². The molecule has 1 aromatic carbocycles. The summed E-state index contributed by atoms with van der Waals surface area (Å²) >= 11 is 0. The van der Waals surface area contributed by atoms with Crippen molar-refractivity contribution in [3.05, 3.63) is 28.8 Å². The summed E-state index contributed by atoms with van der Waals surface area (Å²) in [5.74, 6) is 0.447. The highest BCUT2D eigenvalue weighted by Crippen LogP contribution is 2.22. The van der Waals surface area contributed by atoms with Crippen molar-refractivity contribution in [1.82, 2.24) is 0 Å². The minimum atomic E-state index is -2.37. The molecule has 0 unspecified atom stereocenters. The van der Waals surface area contributed by atoms with Gasteiger partial charge in [-0.05, 0) is 43.5 Å². The second-order valence-corrected chi connectivity index (χ2v) is 2.81. The van der Waals surface area contributed by atoms with E-state index in [0.717, 1.165) is 16.7 Å². The maximum absolute atomic E-state index is 7.02. The first kappa shape index (κ1) is 4.81. The van der Waals surface area contributed by atoms with Crippen LogP contribution in [-0.2, 0) is 0 Å². The lowest BCUT2D eigenvalue weighted by Gasteiger charge is -2.08. The first-order valence-electron chi connectivity index (χ1n) is 5.06. The van der Waals surface area contributed by atoms with Crippen LogP contribution < -0.4 is 4.74 Å². The lowest BCUT2D eigenvalue weighted by molar-refractivity contribution is 0.411. The van der Waals surface area contributed by atoms with Crippen molar-refractivity contribution >= 4 is 0 Å².